The van der Waals surface area contributed by atoms with Crippen LogP contribution in [0, 0.1) is 0 Å². The number of pyridine rings is 1. The summed E-state index contributed by atoms with van der Waals surface area (Å²) in [5, 5.41) is 0. The second-order valence-electron chi connectivity index (χ2n) is 7.16. The summed E-state index contributed by atoms with van der Waals surface area (Å²) in [6.07, 6.45) is 1.23. The summed E-state index contributed by atoms with van der Waals surface area (Å²) < 4.78 is 5.86. The molecule has 0 bridgehead atoms. The van der Waals surface area contributed by atoms with Crippen molar-refractivity contribution in [1.29, 1.82) is 0 Å². The van der Waals surface area contributed by atoms with Crippen molar-refractivity contribution in [2.75, 3.05) is 11.5 Å². The molecule has 1 aliphatic rings. The lowest BCUT2D eigenvalue weighted by Gasteiger charge is -2.22. The highest BCUT2D eigenvalue weighted by atomic mass is 16.6. The van der Waals surface area contributed by atoms with Gasteiger partial charge in [-0.1, -0.05) is 72.8 Å². The average Bonchev–Trinajstić information content (AvgIpc) is 3.13. The van der Waals surface area contributed by atoms with Crippen LogP contribution in [0.1, 0.15) is 17.0 Å². The summed E-state index contributed by atoms with van der Waals surface area (Å²) in [4.78, 5) is 19.0. The molecule has 4 heteroatoms. The number of aromatic nitrogens is 1. The minimum absolute atomic E-state index is 0.0164. The molecule has 0 saturated heterocycles. The average molecular weight is 392 g/mol. The number of amides is 1. The minimum atomic E-state index is -0.443. The van der Waals surface area contributed by atoms with Gasteiger partial charge in [-0.05, 0) is 46.5 Å². The van der Waals surface area contributed by atoms with Crippen LogP contribution in [0.25, 0.3) is 11.1 Å². The third kappa shape index (κ3) is 3.22. The van der Waals surface area contributed by atoms with E-state index >= 15 is 0 Å². The molecule has 0 radical (unpaired) electrons. The summed E-state index contributed by atoms with van der Waals surface area (Å²) in [5.41, 5.74) is 5.51. The highest BCUT2D eigenvalue weighted by molar-refractivity contribution is 5.95. The fourth-order valence-corrected chi connectivity index (χ4v) is 4.05. The zero-order valence-electron chi connectivity index (χ0n) is 16.3. The molecule has 0 N–H and O–H groups in total. The predicted molar refractivity (Wildman–Crippen MR) is 118 cm³/mol. The smallest absolute Gasteiger partial charge is 0.420 e. The number of carbonyl (C=O) groups excluding carboxylic acids is 1. The third-order valence-corrected chi connectivity index (χ3v) is 5.41. The zero-order valence-corrected chi connectivity index (χ0v) is 16.3. The van der Waals surface area contributed by atoms with Gasteiger partial charge in [0.25, 0.3) is 0 Å². The Balaban J connectivity index is 1.44. The molecule has 1 aliphatic carbocycles. The molecule has 0 saturated carbocycles. The van der Waals surface area contributed by atoms with Crippen molar-refractivity contribution in [2.45, 2.75) is 5.92 Å². The van der Waals surface area contributed by atoms with Crippen LogP contribution in [0.15, 0.2) is 103 Å². The molecule has 4 nitrogen and oxygen atoms in total. The van der Waals surface area contributed by atoms with E-state index in [2.05, 4.69) is 29.2 Å². The van der Waals surface area contributed by atoms with Crippen LogP contribution in [0.4, 0.5) is 16.3 Å². The number of hydrogen-bond acceptors (Lipinski definition) is 3. The summed E-state index contributed by atoms with van der Waals surface area (Å²) in [6, 6.07) is 31.5. The maximum absolute atomic E-state index is 13.2. The highest BCUT2D eigenvalue weighted by Gasteiger charge is 2.30. The molecular formula is C26H20N2O2. The van der Waals surface area contributed by atoms with Gasteiger partial charge in [0.2, 0.25) is 0 Å². The molecule has 30 heavy (non-hydrogen) atoms. The van der Waals surface area contributed by atoms with Gasteiger partial charge in [-0.25, -0.2) is 14.7 Å². The summed E-state index contributed by atoms with van der Waals surface area (Å²) in [6.45, 7) is 0.267. The Morgan fingerprint density at radius 2 is 1.37 bits per heavy atom. The third-order valence-electron chi connectivity index (χ3n) is 5.41. The summed E-state index contributed by atoms with van der Waals surface area (Å²) in [5.74, 6) is 0.545. The first-order chi connectivity index (χ1) is 14.8. The van der Waals surface area contributed by atoms with Gasteiger partial charge in [0.05, 0.1) is 5.69 Å². The normalized spacial score (nSPS) is 12.1. The first-order valence-corrected chi connectivity index (χ1v) is 9.94. The Morgan fingerprint density at radius 3 is 2.00 bits per heavy atom. The highest BCUT2D eigenvalue weighted by Crippen LogP contribution is 2.44. The topological polar surface area (TPSA) is 42.4 Å². The SMILES string of the molecule is O=C(OCC1c2ccccc2-c2ccccc21)N(c1ccccc1)c1ccccn1. The Kier molecular flexibility index (Phi) is 4.74. The number of hydrogen-bond donors (Lipinski definition) is 0. The zero-order chi connectivity index (χ0) is 20.3. The standard InChI is InChI=1S/C26H20N2O2/c29-26(28(19-10-2-1-3-11-19)25-16-8-9-17-27-25)30-18-24-22-14-6-4-12-20(22)21-13-5-7-15-23(21)24/h1-17,24H,18H2. The molecule has 0 atom stereocenters. The van der Waals surface area contributed by atoms with Crippen molar-refractivity contribution >= 4 is 17.6 Å². The van der Waals surface area contributed by atoms with Crippen LogP contribution >= 0.6 is 0 Å². The van der Waals surface area contributed by atoms with Crippen LogP contribution in [-0.2, 0) is 4.74 Å². The van der Waals surface area contributed by atoms with E-state index in [-0.39, 0.29) is 12.5 Å². The van der Waals surface area contributed by atoms with Crippen molar-refractivity contribution in [1.82, 2.24) is 4.98 Å². The van der Waals surface area contributed by atoms with Crippen molar-refractivity contribution in [3.8, 4) is 11.1 Å². The quantitative estimate of drug-likeness (QED) is 0.417. The van der Waals surface area contributed by atoms with Gasteiger partial charge in [-0.15, -0.1) is 0 Å². The number of benzene rings is 3. The second-order valence-corrected chi connectivity index (χ2v) is 7.16. The van der Waals surface area contributed by atoms with Crippen LogP contribution in [0.3, 0.4) is 0 Å². The monoisotopic (exact) mass is 392 g/mol. The predicted octanol–water partition coefficient (Wildman–Crippen LogP) is 6.17. The molecule has 0 fully saturated rings. The van der Waals surface area contributed by atoms with E-state index in [4.69, 9.17) is 4.74 Å². The molecule has 1 aromatic heterocycles. The molecule has 0 spiro atoms. The Labute approximate surface area is 175 Å². The molecule has 1 heterocycles. The fraction of sp³-hybridized carbons (Fsp3) is 0.0769. The van der Waals surface area contributed by atoms with Crippen LogP contribution in [0.2, 0.25) is 0 Å². The van der Waals surface area contributed by atoms with E-state index in [0.29, 0.717) is 11.5 Å². The lowest BCUT2D eigenvalue weighted by molar-refractivity contribution is 0.153. The molecule has 5 rings (SSSR count). The van der Waals surface area contributed by atoms with Crippen LogP contribution in [0.5, 0.6) is 0 Å². The molecule has 0 aliphatic heterocycles. The summed E-state index contributed by atoms with van der Waals surface area (Å²) >= 11 is 0. The number of ether oxygens (including phenoxy) is 1. The maximum Gasteiger partial charge on any atom is 0.420 e. The van der Waals surface area contributed by atoms with Crippen LogP contribution in [-0.4, -0.2) is 17.7 Å². The van der Waals surface area contributed by atoms with Crippen molar-refractivity contribution in [3.05, 3.63) is 114 Å². The Morgan fingerprint density at radius 1 is 0.767 bits per heavy atom. The minimum Gasteiger partial charge on any atom is -0.448 e. The largest absolute Gasteiger partial charge is 0.448 e. The van der Waals surface area contributed by atoms with Gasteiger partial charge in [-0.3, -0.25) is 0 Å². The molecule has 0 unspecified atom stereocenters. The van der Waals surface area contributed by atoms with Crippen LogP contribution < -0.4 is 4.90 Å². The number of anilines is 2. The lowest BCUT2D eigenvalue weighted by Crippen LogP contribution is -2.28. The van der Waals surface area contributed by atoms with E-state index in [0.717, 1.165) is 0 Å². The number of nitrogens with zero attached hydrogens (tertiary/aromatic N) is 2. The van der Waals surface area contributed by atoms with Crippen molar-refractivity contribution < 1.29 is 9.53 Å². The van der Waals surface area contributed by atoms with Crippen molar-refractivity contribution in [2.24, 2.45) is 0 Å². The number of carbonyl (C=O) groups is 1. The first kappa shape index (κ1) is 18.1. The maximum atomic E-state index is 13.2. The Hall–Kier alpha value is -3.92. The molecule has 3 aromatic carbocycles. The van der Waals surface area contributed by atoms with Crippen molar-refractivity contribution in [3.63, 3.8) is 0 Å². The summed E-state index contributed by atoms with van der Waals surface area (Å²) in [7, 11) is 0. The van der Waals surface area contributed by atoms with Gasteiger partial charge >= 0.3 is 6.09 Å². The van der Waals surface area contributed by atoms with Gasteiger partial charge in [0, 0.05) is 12.1 Å². The molecular weight excluding hydrogens is 372 g/mol. The lowest BCUT2D eigenvalue weighted by atomic mass is 9.98. The second kappa shape index (κ2) is 7.84. The van der Waals surface area contributed by atoms with E-state index < -0.39 is 6.09 Å². The first-order valence-electron chi connectivity index (χ1n) is 9.94. The van der Waals surface area contributed by atoms with Gasteiger partial charge in [-0.2, -0.15) is 0 Å². The van der Waals surface area contributed by atoms with E-state index in [1.54, 1.807) is 12.3 Å². The van der Waals surface area contributed by atoms with E-state index in [1.807, 2.05) is 66.7 Å². The fourth-order valence-electron chi connectivity index (χ4n) is 4.05. The van der Waals surface area contributed by atoms with Gasteiger partial charge < -0.3 is 4.74 Å². The molecule has 146 valence electrons. The number of fused-ring (bicyclic) bond motifs is 3. The number of rotatable bonds is 4. The molecule has 1 amide bonds. The molecule has 4 aromatic rings. The van der Waals surface area contributed by atoms with E-state index in [9.17, 15) is 4.79 Å². The van der Waals surface area contributed by atoms with Gasteiger partial charge in [0.15, 0.2) is 0 Å². The van der Waals surface area contributed by atoms with Gasteiger partial charge in [0.1, 0.15) is 12.4 Å². The number of para-hydroxylation sites is 1. The van der Waals surface area contributed by atoms with E-state index in [1.165, 1.54) is 27.2 Å². The Bertz CT molecular complexity index is 1090.